The minimum atomic E-state index is 0.0254. The molecule has 0 bridgehead atoms. The van der Waals surface area contributed by atoms with Crippen LogP contribution in [0.2, 0.25) is 0 Å². The Kier molecular flexibility index (Phi) is 5.74. The average Bonchev–Trinajstić information content (AvgIpc) is 2.04. The molecule has 0 spiro atoms. The molecule has 2 heteroatoms. The smallest absolute Gasteiger partial charge is 0.0978 e. The summed E-state index contributed by atoms with van der Waals surface area (Å²) in [5.41, 5.74) is 0. The van der Waals surface area contributed by atoms with Gasteiger partial charge in [0.25, 0.3) is 0 Å². The first-order valence-electron chi connectivity index (χ1n) is 4.74. The van der Waals surface area contributed by atoms with Gasteiger partial charge in [0.2, 0.25) is 0 Å². The van der Waals surface area contributed by atoms with Crippen LogP contribution in [0.25, 0.3) is 0 Å². The SMILES string of the molecule is CCC(C)C(C#N)NCC(C)C. The van der Waals surface area contributed by atoms with Gasteiger partial charge >= 0.3 is 0 Å². The topological polar surface area (TPSA) is 35.8 Å². The summed E-state index contributed by atoms with van der Waals surface area (Å²) >= 11 is 0. The Balaban J connectivity index is 3.77. The van der Waals surface area contributed by atoms with Crippen LogP contribution >= 0.6 is 0 Å². The van der Waals surface area contributed by atoms with Crippen LogP contribution in [0.15, 0.2) is 0 Å². The molecular formula is C10H20N2. The van der Waals surface area contributed by atoms with Crippen molar-refractivity contribution in [1.29, 1.82) is 5.26 Å². The number of rotatable bonds is 5. The number of hydrogen-bond donors (Lipinski definition) is 1. The normalized spacial score (nSPS) is 15.7. The lowest BCUT2D eigenvalue weighted by molar-refractivity contribution is 0.407. The van der Waals surface area contributed by atoms with Crippen LogP contribution in [-0.4, -0.2) is 12.6 Å². The van der Waals surface area contributed by atoms with Gasteiger partial charge in [0.05, 0.1) is 12.1 Å². The van der Waals surface area contributed by atoms with E-state index in [-0.39, 0.29) is 6.04 Å². The summed E-state index contributed by atoms with van der Waals surface area (Å²) in [5, 5.41) is 12.1. The van der Waals surface area contributed by atoms with Crippen molar-refractivity contribution in [3.8, 4) is 6.07 Å². The molecule has 0 heterocycles. The number of nitrogens with zero attached hydrogens (tertiary/aromatic N) is 1. The van der Waals surface area contributed by atoms with Crippen molar-refractivity contribution in [3.05, 3.63) is 0 Å². The second kappa shape index (κ2) is 6.02. The lowest BCUT2D eigenvalue weighted by Gasteiger charge is -2.18. The van der Waals surface area contributed by atoms with E-state index >= 15 is 0 Å². The molecule has 0 aliphatic rings. The zero-order chi connectivity index (χ0) is 9.56. The second-order valence-corrected chi connectivity index (χ2v) is 3.79. The first-order valence-corrected chi connectivity index (χ1v) is 4.74. The summed E-state index contributed by atoms with van der Waals surface area (Å²) in [5.74, 6) is 1.07. The third-order valence-corrected chi connectivity index (χ3v) is 2.10. The van der Waals surface area contributed by atoms with Crippen LogP contribution in [0.3, 0.4) is 0 Å². The summed E-state index contributed by atoms with van der Waals surface area (Å²) in [6.45, 7) is 9.46. The van der Waals surface area contributed by atoms with Crippen LogP contribution in [0.4, 0.5) is 0 Å². The van der Waals surface area contributed by atoms with E-state index in [1.54, 1.807) is 0 Å². The van der Waals surface area contributed by atoms with Crippen molar-refractivity contribution in [3.63, 3.8) is 0 Å². The van der Waals surface area contributed by atoms with Crippen molar-refractivity contribution in [2.75, 3.05) is 6.54 Å². The van der Waals surface area contributed by atoms with Gasteiger partial charge in [-0.3, -0.25) is 0 Å². The predicted molar refractivity (Wildman–Crippen MR) is 51.7 cm³/mol. The molecule has 0 amide bonds. The molecule has 2 unspecified atom stereocenters. The minimum absolute atomic E-state index is 0.0254. The third-order valence-electron chi connectivity index (χ3n) is 2.10. The van der Waals surface area contributed by atoms with E-state index < -0.39 is 0 Å². The highest BCUT2D eigenvalue weighted by Crippen LogP contribution is 2.06. The van der Waals surface area contributed by atoms with Crippen LogP contribution in [-0.2, 0) is 0 Å². The Bertz CT molecular complexity index is 146. The van der Waals surface area contributed by atoms with Gasteiger partial charge in [0.15, 0.2) is 0 Å². The highest BCUT2D eigenvalue weighted by molar-refractivity contribution is 4.92. The van der Waals surface area contributed by atoms with Gasteiger partial charge in [-0.1, -0.05) is 34.1 Å². The molecular weight excluding hydrogens is 148 g/mol. The lowest BCUT2D eigenvalue weighted by atomic mass is 10.00. The first-order chi connectivity index (χ1) is 5.61. The molecule has 0 aliphatic heterocycles. The van der Waals surface area contributed by atoms with Gasteiger partial charge in [-0.15, -0.1) is 0 Å². The summed E-state index contributed by atoms with van der Waals surface area (Å²) < 4.78 is 0. The van der Waals surface area contributed by atoms with Crippen LogP contribution in [0, 0.1) is 23.2 Å². The van der Waals surface area contributed by atoms with Crippen molar-refractivity contribution >= 4 is 0 Å². The third kappa shape index (κ3) is 4.35. The summed E-state index contributed by atoms with van der Waals surface area (Å²) in [6.07, 6.45) is 1.06. The fourth-order valence-electron chi connectivity index (χ4n) is 0.972. The molecule has 0 saturated heterocycles. The van der Waals surface area contributed by atoms with E-state index in [0.717, 1.165) is 13.0 Å². The number of nitrogens with one attached hydrogen (secondary N) is 1. The Morgan fingerprint density at radius 2 is 1.92 bits per heavy atom. The molecule has 12 heavy (non-hydrogen) atoms. The van der Waals surface area contributed by atoms with E-state index in [1.165, 1.54) is 0 Å². The Labute approximate surface area is 76.0 Å². The van der Waals surface area contributed by atoms with Crippen molar-refractivity contribution in [2.24, 2.45) is 11.8 Å². The summed E-state index contributed by atoms with van der Waals surface area (Å²) in [6, 6.07) is 2.32. The van der Waals surface area contributed by atoms with Gasteiger partial charge < -0.3 is 5.32 Å². The molecule has 0 rings (SSSR count). The van der Waals surface area contributed by atoms with E-state index in [4.69, 9.17) is 5.26 Å². The molecule has 0 aromatic heterocycles. The van der Waals surface area contributed by atoms with Crippen molar-refractivity contribution in [2.45, 2.75) is 40.2 Å². The highest BCUT2D eigenvalue weighted by Gasteiger charge is 2.13. The molecule has 0 aromatic carbocycles. The van der Waals surface area contributed by atoms with Gasteiger partial charge in [-0.05, 0) is 18.4 Å². The number of nitriles is 1. The van der Waals surface area contributed by atoms with E-state index in [1.807, 2.05) is 0 Å². The average molecular weight is 168 g/mol. The van der Waals surface area contributed by atoms with Crippen LogP contribution in [0.5, 0.6) is 0 Å². The minimum Gasteiger partial charge on any atom is -0.301 e. The monoisotopic (exact) mass is 168 g/mol. The zero-order valence-corrected chi connectivity index (χ0v) is 8.59. The molecule has 0 fully saturated rings. The van der Waals surface area contributed by atoms with Gasteiger partial charge in [0, 0.05) is 0 Å². The molecule has 0 aliphatic carbocycles. The molecule has 2 nitrogen and oxygen atoms in total. The molecule has 70 valence electrons. The molecule has 1 N–H and O–H groups in total. The molecule has 2 atom stereocenters. The maximum atomic E-state index is 8.83. The van der Waals surface area contributed by atoms with Crippen LogP contribution in [0.1, 0.15) is 34.1 Å². The fraction of sp³-hybridized carbons (Fsp3) is 0.900. The van der Waals surface area contributed by atoms with Crippen molar-refractivity contribution in [1.82, 2.24) is 5.32 Å². The Morgan fingerprint density at radius 3 is 2.25 bits per heavy atom. The van der Waals surface area contributed by atoms with Crippen molar-refractivity contribution < 1.29 is 0 Å². The Morgan fingerprint density at radius 1 is 1.33 bits per heavy atom. The van der Waals surface area contributed by atoms with E-state index in [2.05, 4.69) is 39.1 Å². The number of hydrogen-bond acceptors (Lipinski definition) is 2. The Hall–Kier alpha value is -0.550. The second-order valence-electron chi connectivity index (χ2n) is 3.79. The lowest BCUT2D eigenvalue weighted by Crippen LogP contribution is -2.35. The first kappa shape index (κ1) is 11.4. The largest absolute Gasteiger partial charge is 0.301 e. The van der Waals surface area contributed by atoms with Gasteiger partial charge in [-0.2, -0.15) is 5.26 Å². The summed E-state index contributed by atoms with van der Waals surface area (Å²) in [7, 11) is 0. The quantitative estimate of drug-likeness (QED) is 0.683. The maximum absolute atomic E-state index is 8.83. The molecule has 0 saturated carbocycles. The summed E-state index contributed by atoms with van der Waals surface area (Å²) in [4.78, 5) is 0. The van der Waals surface area contributed by atoms with Gasteiger partial charge in [0.1, 0.15) is 0 Å². The fourth-order valence-corrected chi connectivity index (χ4v) is 0.972. The maximum Gasteiger partial charge on any atom is 0.0978 e. The van der Waals surface area contributed by atoms with Gasteiger partial charge in [-0.25, -0.2) is 0 Å². The predicted octanol–water partition coefficient (Wildman–Crippen LogP) is 2.17. The van der Waals surface area contributed by atoms with Crippen LogP contribution < -0.4 is 5.32 Å². The molecule has 0 aromatic rings. The highest BCUT2D eigenvalue weighted by atomic mass is 14.9. The van der Waals surface area contributed by atoms with E-state index in [9.17, 15) is 0 Å². The van der Waals surface area contributed by atoms with E-state index in [0.29, 0.717) is 11.8 Å². The zero-order valence-electron chi connectivity index (χ0n) is 8.59. The standard InChI is InChI=1S/C10H20N2/c1-5-9(4)10(6-11)12-7-8(2)3/h8-10,12H,5,7H2,1-4H3. The molecule has 0 radical (unpaired) electrons.